The van der Waals surface area contributed by atoms with Crippen molar-refractivity contribution in [3.63, 3.8) is 0 Å². The summed E-state index contributed by atoms with van der Waals surface area (Å²) in [4.78, 5) is 4.39. The number of aromatic nitrogens is 3. The largest absolute Gasteiger partial charge is 0.262 e. The van der Waals surface area contributed by atoms with Crippen LogP contribution in [0.25, 0.3) is 0 Å². The van der Waals surface area contributed by atoms with E-state index >= 15 is 0 Å². The summed E-state index contributed by atoms with van der Waals surface area (Å²) in [6, 6.07) is 4.26. The second-order valence-corrected chi connectivity index (χ2v) is 6.04. The van der Waals surface area contributed by atoms with Crippen LogP contribution < -0.4 is 0 Å². The van der Waals surface area contributed by atoms with Crippen LogP contribution in [-0.4, -0.2) is 20.9 Å². The van der Waals surface area contributed by atoms with Crippen molar-refractivity contribution in [2.75, 3.05) is 5.75 Å². The average molecular weight is 263 g/mol. The van der Waals surface area contributed by atoms with Crippen LogP contribution in [0.1, 0.15) is 39.4 Å². The molecule has 0 aliphatic carbocycles. The number of thioether (sulfide) groups is 1. The molecule has 18 heavy (non-hydrogen) atoms. The zero-order valence-electron chi connectivity index (χ0n) is 10.9. The fourth-order valence-corrected chi connectivity index (χ4v) is 2.10. The normalized spacial score (nSPS) is 12.7. The van der Waals surface area contributed by atoms with Gasteiger partial charge in [0, 0.05) is 17.6 Å². The lowest BCUT2D eigenvalue weighted by atomic mass is 9.96. The van der Waals surface area contributed by atoms with Crippen LogP contribution >= 0.6 is 11.8 Å². The van der Waals surface area contributed by atoms with E-state index in [4.69, 9.17) is 10.5 Å². The van der Waals surface area contributed by atoms with Gasteiger partial charge in [0.05, 0.1) is 18.1 Å². The monoisotopic (exact) mass is 263 g/mol. The first-order chi connectivity index (χ1) is 8.47. The summed E-state index contributed by atoms with van der Waals surface area (Å²) >= 11 is 1.46. The quantitative estimate of drug-likeness (QED) is 0.825. The Morgan fingerprint density at radius 3 is 2.61 bits per heavy atom. The Labute approximate surface area is 112 Å². The highest BCUT2D eigenvalue weighted by molar-refractivity contribution is 7.99. The van der Waals surface area contributed by atoms with Gasteiger partial charge in [-0.05, 0) is 6.42 Å². The fourth-order valence-electron chi connectivity index (χ4n) is 1.25. The predicted octanol–water partition coefficient (Wildman–Crippen LogP) is 2.64. The number of hydrogen-bond donors (Lipinski definition) is 1. The molecule has 0 amide bonds. The first kappa shape index (κ1) is 14.5. The number of nitriles is 2. The second kappa shape index (κ2) is 6.42. The Morgan fingerprint density at radius 2 is 2.11 bits per heavy atom. The minimum Gasteiger partial charge on any atom is -0.262 e. The lowest BCUT2D eigenvalue weighted by Crippen LogP contribution is -2.13. The van der Waals surface area contributed by atoms with Crippen LogP contribution in [0.15, 0.2) is 5.16 Å². The third-order valence-corrected chi connectivity index (χ3v) is 3.39. The lowest BCUT2D eigenvalue weighted by Gasteiger charge is -2.12. The van der Waals surface area contributed by atoms with Crippen molar-refractivity contribution in [3.8, 4) is 12.1 Å². The maximum atomic E-state index is 8.94. The molecule has 0 fully saturated rings. The topological polar surface area (TPSA) is 89.2 Å². The van der Waals surface area contributed by atoms with E-state index in [1.165, 1.54) is 11.8 Å². The molecule has 0 radical (unpaired) electrons. The van der Waals surface area contributed by atoms with Gasteiger partial charge in [0.2, 0.25) is 5.16 Å². The number of rotatable bonds is 5. The van der Waals surface area contributed by atoms with Crippen molar-refractivity contribution in [2.24, 2.45) is 5.92 Å². The molecule has 1 heterocycles. The van der Waals surface area contributed by atoms with Gasteiger partial charge in [0.15, 0.2) is 0 Å². The maximum Gasteiger partial charge on any atom is 0.208 e. The van der Waals surface area contributed by atoms with Gasteiger partial charge in [-0.15, -0.1) is 5.10 Å². The summed E-state index contributed by atoms with van der Waals surface area (Å²) in [6.45, 7) is 6.19. The third kappa shape index (κ3) is 4.38. The van der Waals surface area contributed by atoms with Crippen molar-refractivity contribution < 1.29 is 0 Å². The zero-order chi connectivity index (χ0) is 13.6. The molecule has 0 aliphatic heterocycles. The number of H-pyrrole nitrogens is 1. The summed E-state index contributed by atoms with van der Waals surface area (Å²) in [6.07, 6.45) is 1.02. The van der Waals surface area contributed by atoms with E-state index in [0.717, 1.165) is 5.82 Å². The Morgan fingerprint density at radius 1 is 1.39 bits per heavy atom. The van der Waals surface area contributed by atoms with Crippen LogP contribution in [0.4, 0.5) is 0 Å². The van der Waals surface area contributed by atoms with Crippen LogP contribution in [0.3, 0.4) is 0 Å². The molecular formula is C12H17N5S. The van der Waals surface area contributed by atoms with Gasteiger partial charge < -0.3 is 0 Å². The molecule has 0 saturated heterocycles. The molecule has 0 aromatic carbocycles. The number of nitrogens with one attached hydrogen (secondary N) is 1. The molecular weight excluding hydrogens is 246 g/mol. The number of nitrogens with zero attached hydrogens (tertiary/aromatic N) is 4. The highest BCUT2D eigenvalue weighted by Gasteiger charge is 2.19. The molecule has 0 unspecified atom stereocenters. The van der Waals surface area contributed by atoms with E-state index in [2.05, 4.69) is 48.1 Å². The fraction of sp³-hybridized carbons (Fsp3) is 0.667. The molecule has 0 spiro atoms. The first-order valence-corrected chi connectivity index (χ1v) is 6.78. The van der Waals surface area contributed by atoms with Gasteiger partial charge >= 0.3 is 0 Å². The molecule has 0 saturated carbocycles. The standard InChI is InChI=1S/C12H17N5S/c1-12(2,3)10-15-11(17-16-10)18-8-9(7-14)5-4-6-13/h9H,4-5,8H2,1-3H3,(H,15,16,17)/t9-/m0/s1. The van der Waals surface area contributed by atoms with Crippen LogP contribution in [0.2, 0.25) is 0 Å². The van der Waals surface area contributed by atoms with Crippen LogP contribution in [0.5, 0.6) is 0 Å². The first-order valence-electron chi connectivity index (χ1n) is 5.79. The minimum absolute atomic E-state index is 0.0543. The van der Waals surface area contributed by atoms with Gasteiger partial charge in [0.1, 0.15) is 5.82 Å². The Balaban J connectivity index is 2.51. The third-order valence-electron chi connectivity index (χ3n) is 2.38. The van der Waals surface area contributed by atoms with E-state index in [1.807, 2.05) is 0 Å². The minimum atomic E-state index is -0.119. The second-order valence-electron chi connectivity index (χ2n) is 5.05. The molecule has 5 nitrogen and oxygen atoms in total. The Kier molecular flexibility index (Phi) is 5.18. The predicted molar refractivity (Wildman–Crippen MR) is 69.8 cm³/mol. The molecule has 6 heteroatoms. The summed E-state index contributed by atoms with van der Waals surface area (Å²) < 4.78 is 0. The number of aromatic amines is 1. The van der Waals surface area contributed by atoms with Crippen LogP contribution in [0, 0.1) is 28.6 Å². The van der Waals surface area contributed by atoms with E-state index < -0.39 is 0 Å². The summed E-state index contributed by atoms with van der Waals surface area (Å²) in [5.41, 5.74) is -0.0543. The van der Waals surface area contributed by atoms with Crippen molar-refractivity contribution in [2.45, 2.75) is 44.2 Å². The van der Waals surface area contributed by atoms with E-state index in [1.54, 1.807) is 0 Å². The van der Waals surface area contributed by atoms with Crippen molar-refractivity contribution in [1.82, 2.24) is 15.2 Å². The summed E-state index contributed by atoms with van der Waals surface area (Å²) in [5.74, 6) is 1.35. The van der Waals surface area contributed by atoms with Gasteiger partial charge in [0.25, 0.3) is 0 Å². The Hall–Kier alpha value is -1.53. The van der Waals surface area contributed by atoms with Crippen LogP contribution in [-0.2, 0) is 5.41 Å². The van der Waals surface area contributed by atoms with Crippen molar-refractivity contribution in [3.05, 3.63) is 5.82 Å². The summed E-state index contributed by atoms with van der Waals surface area (Å²) in [5, 5.41) is 25.1. The molecule has 1 atom stereocenters. The molecule has 1 N–H and O–H groups in total. The van der Waals surface area contributed by atoms with Gasteiger partial charge in [-0.3, -0.25) is 5.10 Å². The molecule has 0 aliphatic rings. The molecule has 1 aromatic heterocycles. The van der Waals surface area contributed by atoms with Crippen molar-refractivity contribution in [1.29, 1.82) is 10.5 Å². The van der Waals surface area contributed by atoms with Gasteiger partial charge in [-0.25, -0.2) is 4.98 Å². The summed E-state index contributed by atoms with van der Waals surface area (Å²) in [7, 11) is 0. The highest BCUT2D eigenvalue weighted by Crippen LogP contribution is 2.23. The SMILES string of the molecule is CC(C)(C)c1nc(SC[C@H](C#N)CCC#N)n[nH]1. The molecule has 1 rings (SSSR count). The van der Waals surface area contributed by atoms with E-state index in [-0.39, 0.29) is 11.3 Å². The lowest BCUT2D eigenvalue weighted by molar-refractivity contribution is 0.547. The van der Waals surface area contributed by atoms with Crippen molar-refractivity contribution >= 4 is 11.8 Å². The molecule has 1 aromatic rings. The molecule has 0 bridgehead atoms. The van der Waals surface area contributed by atoms with E-state index in [0.29, 0.717) is 23.8 Å². The van der Waals surface area contributed by atoms with Gasteiger partial charge in [-0.2, -0.15) is 10.5 Å². The maximum absolute atomic E-state index is 8.94. The average Bonchev–Trinajstić information content (AvgIpc) is 2.78. The van der Waals surface area contributed by atoms with E-state index in [9.17, 15) is 0 Å². The Bertz CT molecular complexity index is 460. The number of hydrogen-bond acceptors (Lipinski definition) is 5. The van der Waals surface area contributed by atoms with Gasteiger partial charge in [-0.1, -0.05) is 32.5 Å². The zero-order valence-corrected chi connectivity index (χ0v) is 11.7. The smallest absolute Gasteiger partial charge is 0.208 e. The molecule has 96 valence electrons. The highest BCUT2D eigenvalue weighted by atomic mass is 32.2.